The van der Waals surface area contributed by atoms with Crippen molar-refractivity contribution >= 4 is 18.0 Å². The van der Waals surface area contributed by atoms with E-state index >= 15 is 0 Å². The zero-order valence-corrected chi connectivity index (χ0v) is 11.6. The summed E-state index contributed by atoms with van der Waals surface area (Å²) in [5.74, 6) is 0.853. The molecule has 0 atom stereocenters. The van der Waals surface area contributed by atoms with Gasteiger partial charge in [-0.05, 0) is 18.2 Å². The van der Waals surface area contributed by atoms with Crippen molar-refractivity contribution in [1.29, 1.82) is 5.41 Å². The van der Waals surface area contributed by atoms with Gasteiger partial charge in [0.05, 0.1) is 7.11 Å². The second-order valence-electron chi connectivity index (χ2n) is 4.12. The van der Waals surface area contributed by atoms with Crippen molar-refractivity contribution in [1.82, 2.24) is 0 Å². The Morgan fingerprint density at radius 3 is 2.37 bits per heavy atom. The fraction of sp³-hybridized carbons (Fsp3) is 0.188. The number of nitrogens with zero attached hydrogens (tertiary/aromatic N) is 1. The molecule has 1 aromatic rings. The van der Waals surface area contributed by atoms with Crippen LogP contribution in [0.15, 0.2) is 48.6 Å². The monoisotopic (exact) mass is 256 g/mol. The van der Waals surface area contributed by atoms with Crippen molar-refractivity contribution < 1.29 is 4.74 Å². The van der Waals surface area contributed by atoms with E-state index < -0.39 is 0 Å². The van der Waals surface area contributed by atoms with Crippen LogP contribution in [0.2, 0.25) is 0 Å². The fourth-order valence-electron chi connectivity index (χ4n) is 1.52. The van der Waals surface area contributed by atoms with E-state index in [1.807, 2.05) is 61.5 Å². The molecule has 0 saturated heterocycles. The number of nitrogens with one attached hydrogen (secondary N) is 1. The number of anilines is 1. The van der Waals surface area contributed by atoms with Crippen LogP contribution in [0.1, 0.15) is 5.56 Å². The first-order valence-corrected chi connectivity index (χ1v) is 6.05. The summed E-state index contributed by atoms with van der Waals surface area (Å²) < 4.78 is 5.39. The van der Waals surface area contributed by atoms with Gasteiger partial charge in [0.1, 0.15) is 5.75 Å². The summed E-state index contributed by atoms with van der Waals surface area (Å²) in [6.07, 6.45) is 12.5. The maximum absolute atomic E-state index is 6.84. The molecule has 0 unspecified atom stereocenters. The molecule has 0 aliphatic carbocycles. The van der Waals surface area contributed by atoms with Gasteiger partial charge in [0.25, 0.3) is 0 Å². The lowest BCUT2D eigenvalue weighted by molar-refractivity contribution is 0.414. The molecule has 3 heteroatoms. The van der Waals surface area contributed by atoms with Crippen molar-refractivity contribution in [3.8, 4) is 5.75 Å². The van der Waals surface area contributed by atoms with Gasteiger partial charge in [-0.1, -0.05) is 30.4 Å². The lowest BCUT2D eigenvalue weighted by Gasteiger charge is -2.14. The minimum atomic E-state index is 0.853. The molecule has 0 amide bonds. The first-order chi connectivity index (χ1) is 9.19. The van der Waals surface area contributed by atoms with Gasteiger partial charge in [-0.3, -0.25) is 0 Å². The molecule has 0 spiro atoms. The lowest BCUT2D eigenvalue weighted by atomic mass is 10.1. The summed E-state index contributed by atoms with van der Waals surface area (Å²) in [6, 6.07) is 6.10. The maximum atomic E-state index is 6.84. The lowest BCUT2D eigenvalue weighted by Crippen LogP contribution is -2.08. The highest BCUT2D eigenvalue weighted by Gasteiger charge is 2.02. The van der Waals surface area contributed by atoms with Crippen molar-refractivity contribution in [2.45, 2.75) is 0 Å². The van der Waals surface area contributed by atoms with Crippen LogP contribution >= 0.6 is 0 Å². The topological polar surface area (TPSA) is 36.3 Å². The number of allylic oxidation sites excluding steroid dienone is 5. The SMILES string of the molecule is COc1cc(N(C)C)ccc1/C=C/C=C/C=C\C=N. The second kappa shape index (κ2) is 7.93. The van der Waals surface area contributed by atoms with Gasteiger partial charge >= 0.3 is 0 Å². The summed E-state index contributed by atoms with van der Waals surface area (Å²) in [5.41, 5.74) is 2.15. The third-order valence-electron chi connectivity index (χ3n) is 2.55. The van der Waals surface area contributed by atoms with E-state index in [0.29, 0.717) is 0 Å². The molecule has 1 N–H and O–H groups in total. The summed E-state index contributed by atoms with van der Waals surface area (Å²) >= 11 is 0. The van der Waals surface area contributed by atoms with Crippen LogP contribution in [-0.2, 0) is 0 Å². The largest absolute Gasteiger partial charge is 0.496 e. The first kappa shape index (κ1) is 14.8. The van der Waals surface area contributed by atoms with Gasteiger partial charge in [-0.15, -0.1) is 0 Å². The van der Waals surface area contributed by atoms with E-state index in [9.17, 15) is 0 Å². The van der Waals surface area contributed by atoms with E-state index in [4.69, 9.17) is 10.1 Å². The van der Waals surface area contributed by atoms with Crippen molar-refractivity contribution in [2.75, 3.05) is 26.1 Å². The highest BCUT2D eigenvalue weighted by molar-refractivity contribution is 5.68. The number of benzene rings is 1. The molecule has 1 aromatic carbocycles. The molecule has 0 saturated carbocycles. The third kappa shape index (κ3) is 4.84. The molecule has 0 bridgehead atoms. The zero-order chi connectivity index (χ0) is 14.1. The highest BCUT2D eigenvalue weighted by atomic mass is 16.5. The van der Waals surface area contributed by atoms with Crippen LogP contribution in [0.5, 0.6) is 5.75 Å². The fourth-order valence-corrected chi connectivity index (χ4v) is 1.52. The van der Waals surface area contributed by atoms with E-state index in [0.717, 1.165) is 17.0 Å². The Morgan fingerprint density at radius 1 is 1.05 bits per heavy atom. The predicted molar refractivity (Wildman–Crippen MR) is 83.4 cm³/mol. The molecule has 0 aliphatic rings. The van der Waals surface area contributed by atoms with Gasteiger partial charge in [0, 0.05) is 37.6 Å². The van der Waals surface area contributed by atoms with Crippen molar-refractivity contribution in [3.63, 3.8) is 0 Å². The molecular formula is C16H20N2O. The molecule has 19 heavy (non-hydrogen) atoms. The molecule has 0 aromatic heterocycles. The summed E-state index contributed by atoms with van der Waals surface area (Å²) in [6.45, 7) is 0. The molecule has 1 rings (SSSR count). The number of hydrogen-bond donors (Lipinski definition) is 1. The predicted octanol–water partition coefficient (Wildman–Crippen LogP) is 3.54. The Bertz CT molecular complexity index is 499. The minimum Gasteiger partial charge on any atom is -0.496 e. The average Bonchev–Trinajstić information content (AvgIpc) is 2.42. The van der Waals surface area contributed by atoms with Gasteiger partial charge in [0.2, 0.25) is 0 Å². The Morgan fingerprint density at radius 2 is 1.74 bits per heavy atom. The maximum Gasteiger partial charge on any atom is 0.128 e. The number of ether oxygens (including phenoxy) is 1. The number of methoxy groups -OCH3 is 1. The smallest absolute Gasteiger partial charge is 0.128 e. The van der Waals surface area contributed by atoms with Crippen LogP contribution in [0.4, 0.5) is 5.69 Å². The summed E-state index contributed by atoms with van der Waals surface area (Å²) in [5, 5.41) is 6.84. The van der Waals surface area contributed by atoms with Gasteiger partial charge < -0.3 is 15.0 Å². The van der Waals surface area contributed by atoms with Crippen LogP contribution < -0.4 is 9.64 Å². The summed E-state index contributed by atoms with van der Waals surface area (Å²) in [7, 11) is 5.68. The van der Waals surface area contributed by atoms with Crippen LogP contribution in [-0.4, -0.2) is 27.4 Å². The van der Waals surface area contributed by atoms with Gasteiger partial charge in [-0.25, -0.2) is 0 Å². The minimum absolute atomic E-state index is 0.853. The van der Waals surface area contributed by atoms with Crippen molar-refractivity contribution in [3.05, 3.63) is 54.1 Å². The Kier molecular flexibility index (Phi) is 6.16. The Hall–Kier alpha value is -2.29. The van der Waals surface area contributed by atoms with E-state index in [1.54, 1.807) is 13.2 Å². The highest BCUT2D eigenvalue weighted by Crippen LogP contribution is 2.25. The van der Waals surface area contributed by atoms with Crippen LogP contribution in [0, 0.1) is 5.41 Å². The van der Waals surface area contributed by atoms with Gasteiger partial charge in [0.15, 0.2) is 0 Å². The molecule has 0 aliphatic heterocycles. The first-order valence-electron chi connectivity index (χ1n) is 6.05. The van der Waals surface area contributed by atoms with Crippen molar-refractivity contribution in [2.24, 2.45) is 0 Å². The molecule has 0 fully saturated rings. The average molecular weight is 256 g/mol. The Labute approximate surface area is 115 Å². The quantitative estimate of drug-likeness (QED) is 0.624. The third-order valence-corrected chi connectivity index (χ3v) is 2.55. The molecular weight excluding hydrogens is 236 g/mol. The van der Waals surface area contributed by atoms with Crippen LogP contribution in [0.25, 0.3) is 6.08 Å². The number of rotatable bonds is 6. The molecule has 0 heterocycles. The zero-order valence-electron chi connectivity index (χ0n) is 11.6. The molecule has 100 valence electrons. The van der Waals surface area contributed by atoms with E-state index in [-0.39, 0.29) is 0 Å². The van der Waals surface area contributed by atoms with Crippen LogP contribution in [0.3, 0.4) is 0 Å². The Balaban J connectivity index is 2.83. The van der Waals surface area contributed by atoms with Gasteiger partial charge in [-0.2, -0.15) is 0 Å². The second-order valence-corrected chi connectivity index (χ2v) is 4.12. The molecule has 0 radical (unpaired) electrons. The normalized spacial score (nSPS) is 11.5. The molecule has 3 nitrogen and oxygen atoms in total. The summed E-state index contributed by atoms with van der Waals surface area (Å²) in [4.78, 5) is 2.04. The number of hydrogen-bond acceptors (Lipinski definition) is 3. The van der Waals surface area contributed by atoms with E-state index in [1.165, 1.54) is 6.21 Å². The standard InChI is InChI=1S/C16H20N2O/c1-18(2)15-11-10-14(16(13-15)19-3)9-7-5-4-6-8-12-17/h4-13,17H,1-3H3/b5-4+,8-6-,9-7+,17-12?. The van der Waals surface area contributed by atoms with E-state index in [2.05, 4.69) is 6.07 Å².